The number of hydrogen-bond donors (Lipinski definition) is 3. The Bertz CT molecular complexity index is 331. The predicted octanol–water partition coefficient (Wildman–Crippen LogP) is 0.907. The van der Waals surface area contributed by atoms with Crippen LogP contribution < -0.4 is 5.32 Å². The fourth-order valence-corrected chi connectivity index (χ4v) is 3.02. The molecule has 0 heterocycles. The van der Waals surface area contributed by atoms with Crippen LogP contribution in [0.2, 0.25) is 0 Å². The molecule has 0 radical (unpaired) electrons. The van der Waals surface area contributed by atoms with Crippen LogP contribution in [0.4, 0.5) is 0 Å². The first-order valence-corrected chi connectivity index (χ1v) is 6.79. The van der Waals surface area contributed by atoms with E-state index in [1.54, 1.807) is 0 Å². The summed E-state index contributed by atoms with van der Waals surface area (Å²) in [6.45, 7) is 0. The first-order valence-electron chi connectivity index (χ1n) is 6.79. The van der Waals surface area contributed by atoms with Crippen molar-refractivity contribution in [2.75, 3.05) is 0 Å². The number of hydrogen-bond acceptors (Lipinski definition) is 3. The number of aliphatic hydroxyl groups excluding tert-OH is 1. The maximum absolute atomic E-state index is 12.0. The SMILES string of the molecule is O=C(O)[C@H]1CC[C@@H](C(=O)NC2CCCCC2O)C1. The molecule has 2 aliphatic rings. The third kappa shape index (κ3) is 3.02. The molecule has 0 saturated heterocycles. The third-order valence-electron chi connectivity index (χ3n) is 4.21. The van der Waals surface area contributed by atoms with Crippen LogP contribution in [0, 0.1) is 11.8 Å². The van der Waals surface area contributed by atoms with E-state index in [2.05, 4.69) is 5.32 Å². The average molecular weight is 255 g/mol. The summed E-state index contributed by atoms with van der Waals surface area (Å²) in [5, 5.41) is 21.6. The largest absolute Gasteiger partial charge is 0.481 e. The number of aliphatic hydroxyl groups is 1. The van der Waals surface area contributed by atoms with E-state index >= 15 is 0 Å². The quantitative estimate of drug-likeness (QED) is 0.699. The van der Waals surface area contributed by atoms with E-state index in [1.165, 1.54) is 0 Å². The first-order chi connectivity index (χ1) is 8.58. The highest BCUT2D eigenvalue weighted by atomic mass is 16.4. The predicted molar refractivity (Wildman–Crippen MR) is 64.9 cm³/mol. The molecule has 3 N–H and O–H groups in total. The molecule has 5 nitrogen and oxygen atoms in total. The van der Waals surface area contributed by atoms with E-state index in [0.717, 1.165) is 25.7 Å². The zero-order valence-electron chi connectivity index (χ0n) is 10.5. The molecule has 2 saturated carbocycles. The van der Waals surface area contributed by atoms with Crippen LogP contribution in [0.25, 0.3) is 0 Å². The van der Waals surface area contributed by atoms with Gasteiger partial charge < -0.3 is 15.5 Å². The van der Waals surface area contributed by atoms with Crippen molar-refractivity contribution in [3.05, 3.63) is 0 Å². The minimum atomic E-state index is -0.803. The van der Waals surface area contributed by atoms with Gasteiger partial charge in [0.2, 0.25) is 5.91 Å². The van der Waals surface area contributed by atoms with Gasteiger partial charge in [0.25, 0.3) is 0 Å². The molecule has 0 aromatic heterocycles. The summed E-state index contributed by atoms with van der Waals surface area (Å²) in [4.78, 5) is 22.9. The van der Waals surface area contributed by atoms with Crippen molar-refractivity contribution in [3.63, 3.8) is 0 Å². The molecule has 2 rings (SSSR count). The van der Waals surface area contributed by atoms with Gasteiger partial charge in [-0.05, 0) is 32.1 Å². The van der Waals surface area contributed by atoms with Crippen LogP contribution in [-0.2, 0) is 9.59 Å². The molecule has 4 atom stereocenters. The fraction of sp³-hybridized carbons (Fsp3) is 0.846. The number of carbonyl (C=O) groups excluding carboxylic acids is 1. The van der Waals surface area contributed by atoms with Gasteiger partial charge in [0.1, 0.15) is 0 Å². The highest BCUT2D eigenvalue weighted by Gasteiger charge is 2.35. The number of rotatable bonds is 3. The van der Waals surface area contributed by atoms with Crippen molar-refractivity contribution in [3.8, 4) is 0 Å². The van der Waals surface area contributed by atoms with Gasteiger partial charge in [-0.2, -0.15) is 0 Å². The summed E-state index contributed by atoms with van der Waals surface area (Å²) in [7, 11) is 0. The van der Waals surface area contributed by atoms with Gasteiger partial charge in [-0.15, -0.1) is 0 Å². The molecule has 5 heteroatoms. The number of carboxylic acids is 1. The Kier molecular flexibility index (Phi) is 4.22. The smallest absolute Gasteiger partial charge is 0.306 e. The van der Waals surface area contributed by atoms with Crippen LogP contribution in [0.15, 0.2) is 0 Å². The van der Waals surface area contributed by atoms with Crippen LogP contribution in [-0.4, -0.2) is 34.2 Å². The topological polar surface area (TPSA) is 86.6 Å². The Labute approximate surface area is 107 Å². The number of amides is 1. The van der Waals surface area contributed by atoms with Gasteiger partial charge in [0, 0.05) is 5.92 Å². The minimum Gasteiger partial charge on any atom is -0.481 e. The van der Waals surface area contributed by atoms with E-state index in [4.69, 9.17) is 5.11 Å². The van der Waals surface area contributed by atoms with Crippen LogP contribution >= 0.6 is 0 Å². The van der Waals surface area contributed by atoms with Crippen molar-refractivity contribution in [2.24, 2.45) is 11.8 Å². The molecule has 0 aliphatic heterocycles. The average Bonchev–Trinajstić information content (AvgIpc) is 2.81. The second-order valence-electron chi connectivity index (χ2n) is 5.51. The van der Waals surface area contributed by atoms with Crippen molar-refractivity contribution >= 4 is 11.9 Å². The molecule has 0 spiro atoms. The standard InChI is InChI=1S/C13H21NO4/c15-11-4-2-1-3-10(11)14-12(16)8-5-6-9(7-8)13(17)18/h8-11,15H,1-7H2,(H,14,16)(H,17,18)/t8-,9+,10?,11?/m1/s1. The lowest BCUT2D eigenvalue weighted by Gasteiger charge is -2.29. The van der Waals surface area contributed by atoms with Crippen molar-refractivity contribution < 1.29 is 19.8 Å². The molecule has 0 bridgehead atoms. The van der Waals surface area contributed by atoms with Crippen molar-refractivity contribution in [1.29, 1.82) is 0 Å². The summed E-state index contributed by atoms with van der Waals surface area (Å²) in [6, 6.07) is -0.143. The van der Waals surface area contributed by atoms with Gasteiger partial charge in [-0.25, -0.2) is 0 Å². The zero-order valence-corrected chi connectivity index (χ0v) is 10.5. The summed E-state index contributed by atoms with van der Waals surface area (Å²) >= 11 is 0. The van der Waals surface area contributed by atoms with Gasteiger partial charge >= 0.3 is 5.97 Å². The number of carboxylic acid groups (broad SMARTS) is 1. The number of nitrogens with one attached hydrogen (secondary N) is 1. The Morgan fingerprint density at radius 2 is 1.67 bits per heavy atom. The monoisotopic (exact) mass is 255 g/mol. The molecule has 1 amide bonds. The number of carbonyl (C=O) groups is 2. The third-order valence-corrected chi connectivity index (χ3v) is 4.21. The highest BCUT2D eigenvalue weighted by molar-refractivity contribution is 5.81. The molecule has 2 fully saturated rings. The molecular formula is C13H21NO4. The fourth-order valence-electron chi connectivity index (χ4n) is 3.02. The summed E-state index contributed by atoms with van der Waals surface area (Å²) in [5.41, 5.74) is 0. The molecule has 102 valence electrons. The maximum atomic E-state index is 12.0. The van der Waals surface area contributed by atoms with E-state index in [9.17, 15) is 14.7 Å². The molecular weight excluding hydrogens is 234 g/mol. The lowest BCUT2D eigenvalue weighted by atomic mass is 9.92. The molecule has 2 unspecified atom stereocenters. The second kappa shape index (κ2) is 5.69. The second-order valence-corrected chi connectivity index (χ2v) is 5.51. The zero-order chi connectivity index (χ0) is 13.1. The normalized spacial score (nSPS) is 36.3. The van der Waals surface area contributed by atoms with Crippen molar-refractivity contribution in [2.45, 2.75) is 57.1 Å². The van der Waals surface area contributed by atoms with Gasteiger partial charge in [0.15, 0.2) is 0 Å². The lowest BCUT2D eigenvalue weighted by molar-refractivity contribution is -0.141. The molecule has 18 heavy (non-hydrogen) atoms. The van der Waals surface area contributed by atoms with Crippen LogP contribution in [0.3, 0.4) is 0 Å². The minimum absolute atomic E-state index is 0.0790. The van der Waals surface area contributed by atoms with Crippen LogP contribution in [0.5, 0.6) is 0 Å². The van der Waals surface area contributed by atoms with Crippen LogP contribution in [0.1, 0.15) is 44.9 Å². The molecule has 0 aromatic rings. The van der Waals surface area contributed by atoms with E-state index < -0.39 is 12.1 Å². The Morgan fingerprint density at radius 1 is 1.00 bits per heavy atom. The molecule has 2 aliphatic carbocycles. The van der Waals surface area contributed by atoms with E-state index in [0.29, 0.717) is 19.3 Å². The van der Waals surface area contributed by atoms with Crippen molar-refractivity contribution in [1.82, 2.24) is 5.32 Å². The lowest BCUT2D eigenvalue weighted by Crippen LogP contribution is -2.46. The first kappa shape index (κ1) is 13.3. The van der Waals surface area contributed by atoms with Gasteiger partial charge in [-0.3, -0.25) is 9.59 Å². The van der Waals surface area contributed by atoms with Gasteiger partial charge in [-0.1, -0.05) is 12.8 Å². The summed E-state index contributed by atoms with van der Waals surface area (Å²) in [6.07, 6.45) is 4.83. The Balaban J connectivity index is 1.83. The Morgan fingerprint density at radius 3 is 2.28 bits per heavy atom. The molecule has 0 aromatic carbocycles. The van der Waals surface area contributed by atoms with Gasteiger partial charge in [0.05, 0.1) is 18.1 Å². The van der Waals surface area contributed by atoms with E-state index in [1.807, 2.05) is 0 Å². The summed E-state index contributed by atoms with van der Waals surface area (Å²) in [5.74, 6) is -1.45. The highest BCUT2D eigenvalue weighted by Crippen LogP contribution is 2.31. The summed E-state index contributed by atoms with van der Waals surface area (Å²) < 4.78 is 0. The Hall–Kier alpha value is -1.10. The number of aliphatic carboxylic acids is 1. The van der Waals surface area contributed by atoms with E-state index in [-0.39, 0.29) is 23.8 Å². The maximum Gasteiger partial charge on any atom is 0.306 e.